The highest BCUT2D eigenvalue weighted by Crippen LogP contribution is 2.18. The van der Waals surface area contributed by atoms with Gasteiger partial charge in [0, 0.05) is 6.92 Å². The molecular weight excluding hydrogens is 272 g/mol. The Morgan fingerprint density at radius 3 is 2.60 bits per heavy atom. The van der Waals surface area contributed by atoms with Crippen LogP contribution in [0.5, 0.6) is 0 Å². The van der Waals surface area contributed by atoms with E-state index in [1.54, 1.807) is 0 Å². The Balaban J connectivity index is 2.64. The van der Waals surface area contributed by atoms with E-state index in [0.29, 0.717) is 4.67 Å². The van der Waals surface area contributed by atoms with Crippen molar-refractivity contribution in [2.75, 3.05) is 0 Å². The molecular formula is C9H10BrF2NO2. The first-order chi connectivity index (χ1) is 6.80. The second-order valence-corrected chi connectivity index (χ2v) is 4.04. The van der Waals surface area contributed by atoms with E-state index < -0.39 is 17.9 Å². The van der Waals surface area contributed by atoms with Crippen LogP contribution in [0.3, 0.4) is 0 Å². The van der Waals surface area contributed by atoms with Crippen molar-refractivity contribution >= 4 is 21.8 Å². The van der Waals surface area contributed by atoms with Gasteiger partial charge >= 0.3 is 0 Å². The average molecular weight is 282 g/mol. The molecule has 0 aliphatic heterocycles. The number of amides is 1. The van der Waals surface area contributed by atoms with E-state index in [1.165, 1.54) is 19.1 Å². The zero-order chi connectivity index (χ0) is 11.6. The lowest BCUT2D eigenvalue weighted by atomic mass is 10.2. The summed E-state index contributed by atoms with van der Waals surface area (Å²) in [5, 5.41) is 2.15. The molecule has 0 aliphatic rings. The van der Waals surface area contributed by atoms with Crippen LogP contribution in [0.1, 0.15) is 24.4 Å². The normalized spacial score (nSPS) is 13.7. The molecule has 0 bridgehead atoms. The molecule has 0 radical (unpaired) electrons. The predicted molar refractivity (Wildman–Crippen MR) is 54.0 cm³/mol. The molecule has 1 rings (SSSR count). The van der Waals surface area contributed by atoms with Crippen LogP contribution in [-0.2, 0) is 0 Å². The Hall–Kier alpha value is -0.910. The molecule has 6 heteroatoms. The van der Waals surface area contributed by atoms with E-state index in [2.05, 4.69) is 21.2 Å². The maximum absolute atomic E-state index is 12.7. The molecule has 15 heavy (non-hydrogen) atoms. The molecule has 1 aromatic rings. The molecule has 0 aromatic carbocycles. The minimum atomic E-state index is -2.96. The van der Waals surface area contributed by atoms with Crippen molar-refractivity contribution in [2.24, 2.45) is 0 Å². The highest BCUT2D eigenvalue weighted by Gasteiger charge is 2.31. The molecule has 0 saturated heterocycles. The van der Waals surface area contributed by atoms with Gasteiger partial charge in [-0.2, -0.15) is 0 Å². The maximum Gasteiger partial charge on any atom is 0.287 e. The molecule has 0 fully saturated rings. The zero-order valence-corrected chi connectivity index (χ0v) is 9.77. The Labute approximate surface area is 94.0 Å². The SMILES string of the molecule is CC(NC(=O)c1ccc(Br)o1)C(C)(F)F. The maximum atomic E-state index is 12.7. The molecule has 0 aliphatic carbocycles. The van der Waals surface area contributed by atoms with Crippen molar-refractivity contribution in [1.29, 1.82) is 0 Å². The van der Waals surface area contributed by atoms with Crippen molar-refractivity contribution in [2.45, 2.75) is 25.8 Å². The third-order valence-corrected chi connectivity index (χ3v) is 2.33. The van der Waals surface area contributed by atoms with Crippen LogP contribution in [0, 0.1) is 0 Å². The van der Waals surface area contributed by atoms with E-state index >= 15 is 0 Å². The molecule has 84 valence electrons. The minimum absolute atomic E-state index is 0.00188. The highest BCUT2D eigenvalue weighted by molar-refractivity contribution is 9.10. The van der Waals surface area contributed by atoms with Gasteiger partial charge in [-0.05, 0) is 35.0 Å². The first-order valence-corrected chi connectivity index (χ1v) is 5.04. The van der Waals surface area contributed by atoms with Crippen molar-refractivity contribution < 1.29 is 18.0 Å². The quantitative estimate of drug-likeness (QED) is 0.926. The molecule has 1 unspecified atom stereocenters. The summed E-state index contributed by atoms with van der Waals surface area (Å²) in [6.45, 7) is 1.98. The number of halogens is 3. The fourth-order valence-corrected chi connectivity index (χ4v) is 1.14. The fraction of sp³-hybridized carbons (Fsp3) is 0.444. The molecule has 3 nitrogen and oxygen atoms in total. The topological polar surface area (TPSA) is 42.2 Å². The number of furan rings is 1. The molecule has 1 aromatic heterocycles. The Bertz CT molecular complexity index is 359. The van der Waals surface area contributed by atoms with Gasteiger partial charge in [-0.25, -0.2) is 8.78 Å². The number of carbonyl (C=O) groups is 1. The third-order valence-electron chi connectivity index (χ3n) is 1.90. The summed E-state index contributed by atoms with van der Waals surface area (Å²) in [4.78, 5) is 11.4. The lowest BCUT2D eigenvalue weighted by molar-refractivity contribution is -0.0111. The number of nitrogens with one attached hydrogen (secondary N) is 1. The van der Waals surface area contributed by atoms with Crippen LogP contribution >= 0.6 is 15.9 Å². The van der Waals surface area contributed by atoms with Crippen LogP contribution in [0.4, 0.5) is 8.78 Å². The predicted octanol–water partition coefficient (Wildman–Crippen LogP) is 2.82. The molecule has 1 N–H and O–H groups in total. The zero-order valence-electron chi connectivity index (χ0n) is 8.18. The third kappa shape index (κ3) is 3.30. The van der Waals surface area contributed by atoms with Crippen molar-refractivity contribution in [3.05, 3.63) is 22.6 Å². The summed E-state index contributed by atoms with van der Waals surface area (Å²) in [5.74, 6) is -3.62. The number of hydrogen-bond acceptors (Lipinski definition) is 2. The van der Waals surface area contributed by atoms with Crippen LogP contribution in [0.15, 0.2) is 21.2 Å². The van der Waals surface area contributed by atoms with Crippen LogP contribution in [0.2, 0.25) is 0 Å². The van der Waals surface area contributed by atoms with Gasteiger partial charge in [-0.3, -0.25) is 4.79 Å². The first kappa shape index (κ1) is 12.2. The second-order valence-electron chi connectivity index (χ2n) is 3.26. The number of hydrogen-bond donors (Lipinski definition) is 1. The molecule has 1 atom stereocenters. The number of alkyl halides is 2. The summed E-state index contributed by atoms with van der Waals surface area (Å²) >= 11 is 3.01. The first-order valence-electron chi connectivity index (χ1n) is 4.24. The smallest absolute Gasteiger partial charge is 0.287 e. The van der Waals surface area contributed by atoms with Crippen LogP contribution in [-0.4, -0.2) is 17.9 Å². The molecule has 0 spiro atoms. The van der Waals surface area contributed by atoms with Gasteiger partial charge in [-0.15, -0.1) is 0 Å². The van der Waals surface area contributed by atoms with Gasteiger partial charge in [0.15, 0.2) is 10.4 Å². The van der Waals surface area contributed by atoms with E-state index in [9.17, 15) is 13.6 Å². The van der Waals surface area contributed by atoms with Gasteiger partial charge in [0.05, 0.1) is 6.04 Å². The summed E-state index contributed by atoms with van der Waals surface area (Å²) in [6.07, 6.45) is 0. The van der Waals surface area contributed by atoms with E-state index in [-0.39, 0.29) is 5.76 Å². The monoisotopic (exact) mass is 281 g/mol. The molecule has 1 heterocycles. The Kier molecular flexibility index (Phi) is 3.49. The van der Waals surface area contributed by atoms with Gasteiger partial charge in [-0.1, -0.05) is 0 Å². The van der Waals surface area contributed by atoms with Crippen molar-refractivity contribution in [3.8, 4) is 0 Å². The standard InChI is InChI=1S/C9H10BrF2NO2/c1-5(9(2,11)12)13-8(14)6-3-4-7(10)15-6/h3-5H,1-2H3,(H,13,14). The number of rotatable bonds is 3. The minimum Gasteiger partial charge on any atom is -0.444 e. The van der Waals surface area contributed by atoms with Crippen molar-refractivity contribution in [1.82, 2.24) is 5.32 Å². The van der Waals surface area contributed by atoms with Gasteiger partial charge < -0.3 is 9.73 Å². The summed E-state index contributed by atoms with van der Waals surface area (Å²) < 4.78 is 30.8. The summed E-state index contributed by atoms with van der Waals surface area (Å²) in [6, 6.07) is 1.68. The Morgan fingerprint density at radius 1 is 1.60 bits per heavy atom. The number of carbonyl (C=O) groups excluding carboxylic acids is 1. The molecule has 0 saturated carbocycles. The summed E-state index contributed by atoms with van der Waals surface area (Å²) in [7, 11) is 0. The van der Waals surface area contributed by atoms with E-state index in [0.717, 1.165) is 6.92 Å². The van der Waals surface area contributed by atoms with Crippen LogP contribution < -0.4 is 5.32 Å². The lowest BCUT2D eigenvalue weighted by Gasteiger charge is -2.19. The summed E-state index contributed by atoms with van der Waals surface area (Å²) in [5.41, 5.74) is 0. The second kappa shape index (κ2) is 4.30. The lowest BCUT2D eigenvalue weighted by Crippen LogP contribution is -2.43. The van der Waals surface area contributed by atoms with Gasteiger partial charge in [0.25, 0.3) is 11.8 Å². The van der Waals surface area contributed by atoms with Gasteiger partial charge in [0.1, 0.15) is 0 Å². The largest absolute Gasteiger partial charge is 0.444 e. The van der Waals surface area contributed by atoms with Crippen LogP contribution in [0.25, 0.3) is 0 Å². The average Bonchev–Trinajstić information content (AvgIpc) is 2.50. The van der Waals surface area contributed by atoms with Gasteiger partial charge in [0.2, 0.25) is 0 Å². The Morgan fingerprint density at radius 2 is 2.20 bits per heavy atom. The highest BCUT2D eigenvalue weighted by atomic mass is 79.9. The van der Waals surface area contributed by atoms with E-state index in [4.69, 9.17) is 4.42 Å². The fourth-order valence-electron chi connectivity index (χ4n) is 0.831. The molecule has 1 amide bonds. The van der Waals surface area contributed by atoms with Crippen molar-refractivity contribution in [3.63, 3.8) is 0 Å². The van der Waals surface area contributed by atoms with E-state index in [1.807, 2.05) is 0 Å².